The minimum absolute atomic E-state index is 0.0629. The van der Waals surface area contributed by atoms with Gasteiger partial charge in [0.2, 0.25) is 11.8 Å². The molecule has 3 aromatic heterocycles. The predicted molar refractivity (Wildman–Crippen MR) is 115 cm³/mol. The van der Waals surface area contributed by atoms with Crippen molar-refractivity contribution in [2.45, 2.75) is 25.8 Å². The van der Waals surface area contributed by atoms with E-state index in [4.69, 9.17) is 12.2 Å². The number of nitrogens with one attached hydrogen (secondary N) is 2. The van der Waals surface area contributed by atoms with E-state index in [1.165, 1.54) is 11.3 Å². The smallest absolute Gasteiger partial charge is 0.245 e. The molecule has 0 aromatic carbocycles. The van der Waals surface area contributed by atoms with Crippen LogP contribution in [0.2, 0.25) is 0 Å². The number of hydrogen-bond acceptors (Lipinski definition) is 7. The van der Waals surface area contributed by atoms with Crippen molar-refractivity contribution in [1.29, 1.82) is 0 Å². The SMILES string of the molecule is CC(C(=O)N1CCCC(C(=O)Nc2nccs2)C1)n1c(-c2cccs2)n[nH]c1=S. The molecule has 1 saturated heterocycles. The zero-order valence-corrected chi connectivity index (χ0v) is 18.1. The van der Waals surface area contributed by atoms with Crippen LogP contribution < -0.4 is 5.32 Å². The summed E-state index contributed by atoms with van der Waals surface area (Å²) in [5, 5.41) is 14.3. The van der Waals surface area contributed by atoms with Crippen LogP contribution in [0, 0.1) is 10.7 Å². The maximum atomic E-state index is 13.2. The maximum Gasteiger partial charge on any atom is 0.245 e. The lowest BCUT2D eigenvalue weighted by Gasteiger charge is -2.33. The van der Waals surface area contributed by atoms with Crippen LogP contribution in [0.4, 0.5) is 5.13 Å². The third-order valence-electron chi connectivity index (χ3n) is 4.96. The Kier molecular flexibility index (Phi) is 5.88. The molecule has 2 amide bonds. The Balaban J connectivity index is 1.49. The van der Waals surface area contributed by atoms with Crippen LogP contribution in [-0.4, -0.2) is 49.6 Å². The topological polar surface area (TPSA) is 95.9 Å². The minimum atomic E-state index is -0.515. The Morgan fingerprint density at radius 3 is 2.97 bits per heavy atom. The van der Waals surface area contributed by atoms with E-state index in [2.05, 4.69) is 20.5 Å². The number of rotatable bonds is 5. The third kappa shape index (κ3) is 4.16. The van der Waals surface area contributed by atoms with Crippen molar-refractivity contribution < 1.29 is 9.59 Å². The maximum absolute atomic E-state index is 13.2. The van der Waals surface area contributed by atoms with Gasteiger partial charge in [0.1, 0.15) is 6.04 Å². The average molecular weight is 449 g/mol. The lowest BCUT2D eigenvalue weighted by Crippen LogP contribution is -2.46. The number of H-pyrrole nitrogens is 1. The highest BCUT2D eigenvalue weighted by molar-refractivity contribution is 7.71. The number of carbonyl (C=O) groups excluding carboxylic acids is 2. The van der Waals surface area contributed by atoms with Crippen LogP contribution in [0.3, 0.4) is 0 Å². The molecule has 0 bridgehead atoms. The first kappa shape index (κ1) is 19.9. The second-order valence-electron chi connectivity index (χ2n) is 6.83. The molecule has 4 rings (SSSR count). The molecule has 0 saturated carbocycles. The molecule has 29 heavy (non-hydrogen) atoms. The number of nitrogens with zero attached hydrogens (tertiary/aromatic N) is 4. The van der Waals surface area contributed by atoms with Crippen molar-refractivity contribution in [3.05, 3.63) is 33.9 Å². The summed E-state index contributed by atoms with van der Waals surface area (Å²) in [7, 11) is 0. The molecule has 8 nitrogen and oxygen atoms in total. The summed E-state index contributed by atoms with van der Waals surface area (Å²) in [6, 6.07) is 3.37. The average Bonchev–Trinajstić information content (AvgIpc) is 3.49. The van der Waals surface area contributed by atoms with Gasteiger partial charge in [-0.15, -0.1) is 22.7 Å². The fourth-order valence-corrected chi connectivity index (χ4v) is 5.03. The molecule has 3 aromatic rings. The third-order valence-corrected chi connectivity index (χ3v) is 6.80. The Bertz CT molecular complexity index is 1040. The molecule has 152 valence electrons. The van der Waals surface area contributed by atoms with Gasteiger partial charge in [0.25, 0.3) is 0 Å². The van der Waals surface area contributed by atoms with E-state index in [9.17, 15) is 9.59 Å². The van der Waals surface area contributed by atoms with Gasteiger partial charge < -0.3 is 10.2 Å². The molecule has 1 aliphatic heterocycles. The van der Waals surface area contributed by atoms with Gasteiger partial charge in [-0.25, -0.2) is 4.98 Å². The minimum Gasteiger partial charge on any atom is -0.340 e. The summed E-state index contributed by atoms with van der Waals surface area (Å²) in [6.07, 6.45) is 3.18. The molecule has 4 heterocycles. The molecule has 1 aliphatic rings. The van der Waals surface area contributed by atoms with Crippen molar-refractivity contribution in [3.63, 3.8) is 0 Å². The Labute approximate surface area is 180 Å². The lowest BCUT2D eigenvalue weighted by molar-refractivity contribution is -0.137. The van der Waals surface area contributed by atoms with E-state index in [-0.39, 0.29) is 17.7 Å². The summed E-state index contributed by atoms with van der Waals surface area (Å²) in [6.45, 7) is 2.84. The molecule has 2 N–H and O–H groups in total. The number of amides is 2. The number of carbonyl (C=O) groups is 2. The Hall–Kier alpha value is -2.37. The number of likely N-dealkylation sites (tertiary alicyclic amines) is 1. The number of hydrogen-bond donors (Lipinski definition) is 2. The van der Waals surface area contributed by atoms with E-state index < -0.39 is 6.04 Å². The van der Waals surface area contributed by atoms with Crippen molar-refractivity contribution >= 4 is 51.8 Å². The van der Waals surface area contributed by atoms with Crippen LogP contribution in [0.25, 0.3) is 10.7 Å². The highest BCUT2D eigenvalue weighted by Crippen LogP contribution is 2.27. The summed E-state index contributed by atoms with van der Waals surface area (Å²) < 4.78 is 2.16. The highest BCUT2D eigenvalue weighted by Gasteiger charge is 2.32. The lowest BCUT2D eigenvalue weighted by atomic mass is 9.96. The van der Waals surface area contributed by atoms with Crippen molar-refractivity contribution in [2.24, 2.45) is 5.92 Å². The molecule has 0 aliphatic carbocycles. The quantitative estimate of drug-likeness (QED) is 0.582. The van der Waals surface area contributed by atoms with Gasteiger partial charge in [-0.1, -0.05) is 6.07 Å². The number of anilines is 1. The first-order chi connectivity index (χ1) is 14.0. The Morgan fingerprint density at radius 1 is 1.38 bits per heavy atom. The van der Waals surface area contributed by atoms with Gasteiger partial charge in [0.15, 0.2) is 15.7 Å². The standard InChI is InChI=1S/C18H20N6O2S3/c1-11(24-14(21-22-18(24)27)13-5-3-8-28-13)16(26)23-7-2-4-12(10-23)15(25)20-17-19-6-9-29-17/h3,5-6,8-9,11-12H,2,4,7,10H2,1H3,(H,22,27)(H,19,20,25). The fraction of sp³-hybridized carbons (Fsp3) is 0.389. The molecule has 2 atom stereocenters. The van der Waals surface area contributed by atoms with Gasteiger partial charge in [0, 0.05) is 24.7 Å². The highest BCUT2D eigenvalue weighted by atomic mass is 32.1. The van der Waals surface area contributed by atoms with Gasteiger partial charge in [0.05, 0.1) is 10.8 Å². The molecular weight excluding hydrogens is 428 g/mol. The predicted octanol–water partition coefficient (Wildman–Crippen LogP) is 3.56. The van der Waals surface area contributed by atoms with Crippen LogP contribution in [0.1, 0.15) is 25.8 Å². The van der Waals surface area contributed by atoms with Gasteiger partial charge in [-0.2, -0.15) is 5.10 Å². The van der Waals surface area contributed by atoms with E-state index in [0.717, 1.165) is 17.7 Å². The second kappa shape index (κ2) is 8.56. The van der Waals surface area contributed by atoms with Gasteiger partial charge in [-0.05, 0) is 43.4 Å². The van der Waals surface area contributed by atoms with Crippen LogP contribution >= 0.6 is 34.9 Å². The zero-order valence-electron chi connectivity index (χ0n) is 15.7. The normalized spacial score (nSPS) is 17.8. The zero-order chi connectivity index (χ0) is 20.4. The number of aromatic amines is 1. The largest absolute Gasteiger partial charge is 0.340 e. The van der Waals surface area contributed by atoms with Gasteiger partial charge >= 0.3 is 0 Å². The van der Waals surface area contributed by atoms with Crippen LogP contribution in [-0.2, 0) is 9.59 Å². The van der Waals surface area contributed by atoms with Crippen molar-refractivity contribution in [1.82, 2.24) is 24.6 Å². The summed E-state index contributed by atoms with van der Waals surface area (Å²) >= 11 is 8.30. The molecule has 1 fully saturated rings. The second-order valence-corrected chi connectivity index (χ2v) is 9.05. The molecule has 11 heteroatoms. The van der Waals surface area contributed by atoms with E-state index in [1.54, 1.807) is 27.0 Å². The molecule has 2 unspecified atom stereocenters. The van der Waals surface area contributed by atoms with Crippen LogP contribution in [0.15, 0.2) is 29.1 Å². The number of aromatic nitrogens is 4. The van der Waals surface area contributed by atoms with Crippen molar-refractivity contribution in [2.75, 3.05) is 18.4 Å². The number of thiazole rings is 1. The van der Waals surface area contributed by atoms with E-state index in [1.807, 2.05) is 29.8 Å². The molecule has 0 spiro atoms. The fourth-order valence-electron chi connectivity index (χ4n) is 3.50. The molecule has 0 radical (unpaired) electrons. The first-order valence-electron chi connectivity index (χ1n) is 9.24. The summed E-state index contributed by atoms with van der Waals surface area (Å²) in [4.78, 5) is 32.6. The molecular formula is C18H20N6O2S3. The van der Waals surface area contributed by atoms with Crippen LogP contribution in [0.5, 0.6) is 0 Å². The van der Waals surface area contributed by atoms with Crippen molar-refractivity contribution in [3.8, 4) is 10.7 Å². The Morgan fingerprint density at radius 2 is 2.24 bits per heavy atom. The summed E-state index contributed by atoms with van der Waals surface area (Å²) in [5.41, 5.74) is 0. The van der Waals surface area contributed by atoms with E-state index in [0.29, 0.717) is 28.8 Å². The monoisotopic (exact) mass is 448 g/mol. The number of piperidine rings is 1. The van der Waals surface area contributed by atoms with Gasteiger partial charge in [-0.3, -0.25) is 19.3 Å². The number of thiophene rings is 1. The van der Waals surface area contributed by atoms with E-state index >= 15 is 0 Å². The first-order valence-corrected chi connectivity index (χ1v) is 11.4. The summed E-state index contributed by atoms with van der Waals surface area (Å²) in [5.74, 6) is 0.246.